The Balaban J connectivity index is 1.67. The van der Waals surface area contributed by atoms with Gasteiger partial charge >= 0.3 is 6.61 Å². The van der Waals surface area contributed by atoms with Crippen molar-refractivity contribution >= 4 is 23.4 Å². The number of nitrogens with zero attached hydrogens (tertiary/aromatic N) is 3. The number of halogens is 2. The fourth-order valence-corrected chi connectivity index (χ4v) is 3.29. The number of thioether (sulfide) groups is 1. The molecule has 0 aliphatic heterocycles. The molecule has 7 nitrogen and oxygen atoms in total. The highest BCUT2D eigenvalue weighted by atomic mass is 32.2. The molecule has 10 heteroatoms. The molecule has 0 saturated heterocycles. The number of benzene rings is 1. The zero-order chi connectivity index (χ0) is 20.8. The van der Waals surface area contributed by atoms with Gasteiger partial charge in [-0.1, -0.05) is 17.8 Å². The number of carbonyl (C=O) groups is 1. The van der Waals surface area contributed by atoms with Gasteiger partial charge < -0.3 is 14.5 Å². The number of alkyl halides is 2. The lowest BCUT2D eigenvalue weighted by Gasteiger charge is -2.13. The van der Waals surface area contributed by atoms with Crippen molar-refractivity contribution in [2.24, 2.45) is 0 Å². The number of hydrogen-bond acceptors (Lipinski definition) is 6. The maximum absolute atomic E-state index is 12.5. The third kappa shape index (κ3) is 5.23. The first-order valence-electron chi connectivity index (χ1n) is 8.58. The molecule has 3 rings (SSSR count). The summed E-state index contributed by atoms with van der Waals surface area (Å²) >= 11 is 1.23. The molecule has 0 radical (unpaired) electrons. The topological polar surface area (TPSA) is 82.2 Å². The van der Waals surface area contributed by atoms with E-state index in [1.165, 1.54) is 36.0 Å². The van der Waals surface area contributed by atoms with Gasteiger partial charge in [-0.15, -0.1) is 16.8 Å². The average Bonchev–Trinajstić information content (AvgIpc) is 3.34. The van der Waals surface area contributed by atoms with Gasteiger partial charge in [0.2, 0.25) is 11.7 Å². The molecule has 2 heterocycles. The summed E-state index contributed by atoms with van der Waals surface area (Å²) in [7, 11) is 0. The molecule has 0 aliphatic carbocycles. The van der Waals surface area contributed by atoms with Gasteiger partial charge in [-0.05, 0) is 43.3 Å². The van der Waals surface area contributed by atoms with Crippen molar-refractivity contribution in [3.63, 3.8) is 0 Å². The summed E-state index contributed by atoms with van der Waals surface area (Å²) in [6.45, 7) is 3.02. The van der Waals surface area contributed by atoms with Crippen LogP contribution < -0.4 is 10.1 Å². The lowest BCUT2D eigenvalue weighted by molar-refractivity contribution is -0.115. The van der Waals surface area contributed by atoms with Crippen LogP contribution >= 0.6 is 11.8 Å². The van der Waals surface area contributed by atoms with E-state index in [-0.39, 0.29) is 11.7 Å². The predicted octanol–water partition coefficient (Wildman–Crippen LogP) is 4.44. The lowest BCUT2D eigenvalue weighted by atomic mass is 10.3. The number of aromatic nitrogens is 3. The van der Waals surface area contributed by atoms with Crippen molar-refractivity contribution in [3.8, 4) is 17.3 Å². The van der Waals surface area contributed by atoms with Gasteiger partial charge in [0.1, 0.15) is 5.75 Å². The van der Waals surface area contributed by atoms with Crippen LogP contribution in [0.5, 0.6) is 5.75 Å². The van der Waals surface area contributed by atoms with Crippen LogP contribution in [0.25, 0.3) is 11.6 Å². The van der Waals surface area contributed by atoms with E-state index in [2.05, 4.69) is 26.8 Å². The Hall–Kier alpha value is -3.14. The van der Waals surface area contributed by atoms with Crippen LogP contribution in [0, 0.1) is 0 Å². The largest absolute Gasteiger partial charge is 0.461 e. The Morgan fingerprint density at radius 2 is 2.10 bits per heavy atom. The summed E-state index contributed by atoms with van der Waals surface area (Å²) < 4.78 is 35.9. The molecule has 0 saturated carbocycles. The van der Waals surface area contributed by atoms with Gasteiger partial charge in [-0.3, -0.25) is 9.36 Å². The molecule has 0 spiro atoms. The van der Waals surface area contributed by atoms with Gasteiger partial charge in [-0.2, -0.15) is 8.78 Å². The Kier molecular flexibility index (Phi) is 6.65. The summed E-state index contributed by atoms with van der Waals surface area (Å²) in [5.41, 5.74) is 0.466. The summed E-state index contributed by atoms with van der Waals surface area (Å²) in [5, 5.41) is 11.1. The van der Waals surface area contributed by atoms with E-state index in [0.717, 1.165) is 0 Å². The molecule has 1 unspecified atom stereocenters. The van der Waals surface area contributed by atoms with E-state index in [1.807, 2.05) is 0 Å². The number of furan rings is 1. The third-order valence-corrected chi connectivity index (χ3v) is 4.85. The Morgan fingerprint density at radius 3 is 2.72 bits per heavy atom. The van der Waals surface area contributed by atoms with Gasteiger partial charge in [0.05, 0.1) is 11.5 Å². The van der Waals surface area contributed by atoms with Crippen LogP contribution in [0.4, 0.5) is 14.5 Å². The number of ether oxygens (including phenoxy) is 1. The van der Waals surface area contributed by atoms with E-state index in [0.29, 0.717) is 29.0 Å². The molecule has 0 aliphatic rings. The number of amides is 1. The van der Waals surface area contributed by atoms with E-state index >= 15 is 0 Å². The smallest absolute Gasteiger partial charge is 0.387 e. The molecular formula is C19H18F2N4O3S. The second-order valence-electron chi connectivity index (χ2n) is 5.83. The fraction of sp³-hybridized carbons (Fsp3) is 0.211. The average molecular weight is 420 g/mol. The van der Waals surface area contributed by atoms with Crippen LogP contribution in [-0.4, -0.2) is 32.5 Å². The van der Waals surface area contributed by atoms with Gasteiger partial charge in [-0.25, -0.2) is 0 Å². The van der Waals surface area contributed by atoms with Crippen molar-refractivity contribution in [2.45, 2.75) is 30.5 Å². The minimum Gasteiger partial charge on any atom is -0.461 e. The first-order valence-corrected chi connectivity index (χ1v) is 9.46. The number of carbonyl (C=O) groups excluding carboxylic acids is 1. The summed E-state index contributed by atoms with van der Waals surface area (Å²) in [4.78, 5) is 12.5. The minimum atomic E-state index is -2.90. The number of rotatable bonds is 9. The van der Waals surface area contributed by atoms with Crippen molar-refractivity contribution < 1.29 is 22.7 Å². The molecule has 1 atom stereocenters. The Morgan fingerprint density at radius 1 is 1.34 bits per heavy atom. The lowest BCUT2D eigenvalue weighted by Crippen LogP contribution is -2.23. The quantitative estimate of drug-likeness (QED) is 0.407. The highest BCUT2D eigenvalue weighted by Crippen LogP contribution is 2.28. The number of allylic oxidation sites excluding steroid dienone is 1. The van der Waals surface area contributed by atoms with Crippen LogP contribution in [0.3, 0.4) is 0 Å². The van der Waals surface area contributed by atoms with Gasteiger partial charge in [0.25, 0.3) is 0 Å². The Labute approximate surface area is 169 Å². The summed E-state index contributed by atoms with van der Waals surface area (Å²) in [6.07, 6.45) is 3.25. The molecule has 0 fully saturated rings. The highest BCUT2D eigenvalue weighted by molar-refractivity contribution is 8.00. The van der Waals surface area contributed by atoms with E-state index in [4.69, 9.17) is 4.42 Å². The van der Waals surface area contributed by atoms with Crippen LogP contribution in [0.15, 0.2) is 64.9 Å². The molecule has 29 heavy (non-hydrogen) atoms. The molecule has 1 amide bonds. The van der Waals surface area contributed by atoms with E-state index in [9.17, 15) is 13.6 Å². The van der Waals surface area contributed by atoms with Crippen molar-refractivity contribution in [3.05, 3.63) is 55.3 Å². The molecule has 152 valence electrons. The Bertz CT molecular complexity index is 959. The van der Waals surface area contributed by atoms with Crippen LogP contribution in [0.2, 0.25) is 0 Å². The van der Waals surface area contributed by atoms with Gasteiger partial charge in [0, 0.05) is 12.2 Å². The summed E-state index contributed by atoms with van der Waals surface area (Å²) in [5.74, 6) is 0.850. The fourth-order valence-electron chi connectivity index (χ4n) is 2.43. The number of nitrogens with one attached hydrogen (secondary N) is 1. The van der Waals surface area contributed by atoms with E-state index < -0.39 is 11.9 Å². The maximum atomic E-state index is 12.5. The number of hydrogen-bond donors (Lipinski definition) is 1. The zero-order valence-electron chi connectivity index (χ0n) is 15.4. The molecule has 2 aromatic heterocycles. The highest BCUT2D eigenvalue weighted by Gasteiger charge is 2.21. The minimum absolute atomic E-state index is 0.0170. The van der Waals surface area contributed by atoms with Crippen molar-refractivity contribution in [1.29, 1.82) is 0 Å². The SMILES string of the molecule is C=CCn1c(SC(C)C(=O)Nc2ccc(OC(F)F)cc2)nnc1-c1ccco1. The molecule has 1 N–H and O–H groups in total. The first kappa shape index (κ1) is 20.6. The second-order valence-corrected chi connectivity index (χ2v) is 7.14. The molecule has 1 aromatic carbocycles. The zero-order valence-corrected chi connectivity index (χ0v) is 16.2. The second kappa shape index (κ2) is 9.37. The normalized spacial score (nSPS) is 12.0. The predicted molar refractivity (Wildman–Crippen MR) is 105 cm³/mol. The maximum Gasteiger partial charge on any atom is 0.387 e. The third-order valence-electron chi connectivity index (χ3n) is 3.77. The van der Waals surface area contributed by atoms with E-state index in [1.54, 1.807) is 36.0 Å². The standard InChI is InChI=1S/C19H18F2N4O3S/c1-3-10-25-16(15-5-4-11-27-15)23-24-19(25)29-12(2)17(26)22-13-6-8-14(9-7-13)28-18(20)21/h3-9,11-12,18H,1,10H2,2H3,(H,22,26). The molecule has 0 bridgehead atoms. The van der Waals surface area contributed by atoms with Gasteiger partial charge in [0.15, 0.2) is 10.9 Å². The summed E-state index contributed by atoms with van der Waals surface area (Å²) in [6, 6.07) is 9.22. The molecular weight excluding hydrogens is 402 g/mol. The van der Waals surface area contributed by atoms with Crippen LogP contribution in [0.1, 0.15) is 6.92 Å². The molecule has 3 aromatic rings. The van der Waals surface area contributed by atoms with Crippen molar-refractivity contribution in [1.82, 2.24) is 14.8 Å². The monoisotopic (exact) mass is 420 g/mol. The first-order chi connectivity index (χ1) is 14.0. The van der Waals surface area contributed by atoms with Crippen LogP contribution in [-0.2, 0) is 11.3 Å². The number of anilines is 1. The van der Waals surface area contributed by atoms with Crippen molar-refractivity contribution in [2.75, 3.05) is 5.32 Å².